The normalized spacial score (nSPS) is 19.3. The molecule has 0 radical (unpaired) electrons. The number of rotatable bonds is 8. The molecule has 2 N–H and O–H groups in total. The summed E-state index contributed by atoms with van der Waals surface area (Å²) in [4.78, 5) is 19.4. The number of amides is 1. The number of ether oxygens (including phenoxy) is 2. The number of aromatic nitrogens is 1. The summed E-state index contributed by atoms with van der Waals surface area (Å²) in [6.45, 7) is 5.89. The minimum atomic E-state index is -0.625. The van der Waals surface area contributed by atoms with Gasteiger partial charge in [0.05, 0.1) is 18.8 Å². The molecule has 3 rings (SSSR count). The number of piperidine rings is 1. The first-order chi connectivity index (χ1) is 14.4. The molecule has 1 saturated heterocycles. The first-order valence-corrected chi connectivity index (χ1v) is 10.4. The average molecular weight is 419 g/mol. The first-order valence-electron chi connectivity index (χ1n) is 10.4. The molecule has 0 aliphatic carbocycles. The van der Waals surface area contributed by atoms with Gasteiger partial charge in [-0.15, -0.1) is 0 Å². The van der Waals surface area contributed by atoms with Crippen molar-refractivity contribution in [2.45, 2.75) is 44.9 Å². The molecule has 1 aliphatic rings. The van der Waals surface area contributed by atoms with Crippen LogP contribution in [0, 0.1) is 5.82 Å². The number of hydrogen-bond acceptors (Lipinski definition) is 6. The standard InChI is InChI=1S/C22H30FN3O4/c1-14(2)26(18-13-24-9-8-19(18)27)22(28)17-12-20(30-11-5-10-29-3)15-6-4-7-16(23)21(15)25-17/h4,6-7,12,14,18-19,24,27H,5,8-11,13H2,1-3H3/t18?,19-/m0/s1. The zero-order valence-electron chi connectivity index (χ0n) is 17.7. The van der Waals surface area contributed by atoms with E-state index in [4.69, 9.17) is 9.47 Å². The van der Waals surface area contributed by atoms with E-state index in [1.807, 2.05) is 13.8 Å². The van der Waals surface area contributed by atoms with E-state index < -0.39 is 11.9 Å². The lowest BCUT2D eigenvalue weighted by molar-refractivity contribution is 0.0128. The fourth-order valence-corrected chi connectivity index (χ4v) is 3.81. The van der Waals surface area contributed by atoms with E-state index in [9.17, 15) is 14.3 Å². The van der Waals surface area contributed by atoms with Gasteiger partial charge in [-0.05, 0) is 38.9 Å². The number of halogens is 1. The predicted octanol–water partition coefficient (Wildman–Crippen LogP) is 2.36. The number of aliphatic hydroxyl groups is 1. The Kier molecular flexibility index (Phi) is 7.58. The van der Waals surface area contributed by atoms with Crippen molar-refractivity contribution in [2.75, 3.05) is 33.4 Å². The number of para-hydroxylation sites is 1. The fourth-order valence-electron chi connectivity index (χ4n) is 3.81. The van der Waals surface area contributed by atoms with Crippen LogP contribution < -0.4 is 10.1 Å². The van der Waals surface area contributed by atoms with Gasteiger partial charge in [-0.25, -0.2) is 9.37 Å². The highest BCUT2D eigenvalue weighted by Gasteiger charge is 2.35. The van der Waals surface area contributed by atoms with Gasteiger partial charge in [0.15, 0.2) is 0 Å². The van der Waals surface area contributed by atoms with Crippen LogP contribution in [0.15, 0.2) is 24.3 Å². The van der Waals surface area contributed by atoms with E-state index in [2.05, 4.69) is 10.3 Å². The number of carbonyl (C=O) groups is 1. The summed E-state index contributed by atoms with van der Waals surface area (Å²) in [5.41, 5.74) is 0.192. The molecule has 2 atom stereocenters. The van der Waals surface area contributed by atoms with Gasteiger partial charge in [0, 0.05) is 44.2 Å². The number of methoxy groups -OCH3 is 1. The fraction of sp³-hybridized carbons (Fsp3) is 0.545. The number of nitrogens with one attached hydrogen (secondary N) is 1. The molecule has 1 amide bonds. The molecule has 0 saturated carbocycles. The molecule has 1 unspecified atom stereocenters. The quantitative estimate of drug-likeness (QED) is 0.639. The number of aliphatic hydroxyl groups excluding tert-OH is 1. The number of fused-ring (bicyclic) bond motifs is 1. The number of carbonyl (C=O) groups excluding carboxylic acids is 1. The molecule has 164 valence electrons. The Morgan fingerprint density at radius 2 is 2.20 bits per heavy atom. The summed E-state index contributed by atoms with van der Waals surface area (Å²) >= 11 is 0. The van der Waals surface area contributed by atoms with Gasteiger partial charge in [-0.2, -0.15) is 0 Å². The van der Waals surface area contributed by atoms with Crippen molar-refractivity contribution in [3.63, 3.8) is 0 Å². The van der Waals surface area contributed by atoms with Crippen molar-refractivity contribution in [2.24, 2.45) is 0 Å². The summed E-state index contributed by atoms with van der Waals surface area (Å²) < 4.78 is 25.4. The van der Waals surface area contributed by atoms with E-state index in [0.717, 1.165) is 0 Å². The maximum absolute atomic E-state index is 14.5. The molecule has 2 heterocycles. The second-order valence-electron chi connectivity index (χ2n) is 7.77. The van der Waals surface area contributed by atoms with E-state index in [1.54, 1.807) is 30.2 Å². The topological polar surface area (TPSA) is 83.9 Å². The molecule has 30 heavy (non-hydrogen) atoms. The SMILES string of the molecule is COCCCOc1cc(C(=O)N(C(C)C)C2CNCC[C@@H]2O)nc2c(F)cccc12. The number of nitrogens with zero attached hydrogens (tertiary/aromatic N) is 2. The zero-order chi connectivity index (χ0) is 21.7. The zero-order valence-corrected chi connectivity index (χ0v) is 17.7. The van der Waals surface area contributed by atoms with Gasteiger partial charge in [-0.3, -0.25) is 4.79 Å². The number of hydrogen-bond donors (Lipinski definition) is 2. The van der Waals surface area contributed by atoms with Crippen LogP contribution in [0.4, 0.5) is 4.39 Å². The molecule has 0 spiro atoms. The van der Waals surface area contributed by atoms with E-state index >= 15 is 0 Å². The maximum Gasteiger partial charge on any atom is 0.273 e. The van der Waals surface area contributed by atoms with Crippen LogP contribution in [0.2, 0.25) is 0 Å². The lowest BCUT2D eigenvalue weighted by Gasteiger charge is -2.40. The van der Waals surface area contributed by atoms with Crippen molar-refractivity contribution < 1.29 is 23.8 Å². The first kappa shape index (κ1) is 22.4. The lowest BCUT2D eigenvalue weighted by atomic mass is 10.00. The third kappa shape index (κ3) is 4.88. The highest BCUT2D eigenvalue weighted by Crippen LogP contribution is 2.29. The van der Waals surface area contributed by atoms with Gasteiger partial charge in [0.2, 0.25) is 0 Å². The van der Waals surface area contributed by atoms with Crippen LogP contribution in [-0.2, 0) is 4.74 Å². The molecule has 8 heteroatoms. The Bertz CT molecular complexity index is 877. The summed E-state index contributed by atoms with van der Waals surface area (Å²) in [6.07, 6.45) is 0.603. The summed E-state index contributed by atoms with van der Waals surface area (Å²) in [5.74, 6) is -0.464. The Hall–Kier alpha value is -2.29. The monoisotopic (exact) mass is 419 g/mol. The Balaban J connectivity index is 1.98. The van der Waals surface area contributed by atoms with Gasteiger partial charge < -0.3 is 24.8 Å². The number of pyridine rings is 1. The third-order valence-corrected chi connectivity index (χ3v) is 5.28. The lowest BCUT2D eigenvalue weighted by Crippen LogP contribution is -2.58. The molecule has 1 aromatic carbocycles. The van der Waals surface area contributed by atoms with Crippen molar-refractivity contribution >= 4 is 16.8 Å². The van der Waals surface area contributed by atoms with E-state index in [0.29, 0.717) is 50.3 Å². The molecule has 0 bridgehead atoms. The van der Waals surface area contributed by atoms with Gasteiger partial charge in [0.1, 0.15) is 22.8 Å². The molecule has 1 aliphatic heterocycles. The van der Waals surface area contributed by atoms with Crippen LogP contribution in [0.25, 0.3) is 10.9 Å². The van der Waals surface area contributed by atoms with E-state index in [1.165, 1.54) is 6.07 Å². The van der Waals surface area contributed by atoms with E-state index in [-0.39, 0.29) is 29.2 Å². The van der Waals surface area contributed by atoms with Gasteiger partial charge in [0.25, 0.3) is 5.91 Å². The second-order valence-corrected chi connectivity index (χ2v) is 7.77. The highest BCUT2D eigenvalue weighted by molar-refractivity contribution is 5.97. The van der Waals surface area contributed by atoms with Crippen LogP contribution in [-0.4, -0.2) is 72.5 Å². The Morgan fingerprint density at radius 3 is 2.90 bits per heavy atom. The van der Waals surface area contributed by atoms with Crippen LogP contribution >= 0.6 is 0 Å². The third-order valence-electron chi connectivity index (χ3n) is 5.28. The molecular weight excluding hydrogens is 389 g/mol. The molecule has 2 aromatic rings. The predicted molar refractivity (Wildman–Crippen MR) is 112 cm³/mol. The van der Waals surface area contributed by atoms with Crippen LogP contribution in [0.3, 0.4) is 0 Å². The Morgan fingerprint density at radius 1 is 1.40 bits per heavy atom. The summed E-state index contributed by atoms with van der Waals surface area (Å²) in [5, 5.41) is 14.2. The van der Waals surface area contributed by atoms with Crippen LogP contribution in [0.5, 0.6) is 5.75 Å². The summed E-state index contributed by atoms with van der Waals surface area (Å²) in [7, 11) is 1.61. The highest BCUT2D eigenvalue weighted by atomic mass is 19.1. The second kappa shape index (κ2) is 10.1. The minimum Gasteiger partial charge on any atom is -0.493 e. The average Bonchev–Trinajstić information content (AvgIpc) is 2.72. The largest absolute Gasteiger partial charge is 0.493 e. The number of benzene rings is 1. The van der Waals surface area contributed by atoms with Gasteiger partial charge in [-0.1, -0.05) is 6.07 Å². The molecule has 7 nitrogen and oxygen atoms in total. The van der Waals surface area contributed by atoms with Crippen molar-refractivity contribution in [1.82, 2.24) is 15.2 Å². The van der Waals surface area contributed by atoms with Crippen molar-refractivity contribution in [3.8, 4) is 5.75 Å². The van der Waals surface area contributed by atoms with Crippen LogP contribution in [0.1, 0.15) is 37.2 Å². The van der Waals surface area contributed by atoms with Crippen molar-refractivity contribution in [3.05, 3.63) is 35.8 Å². The molecular formula is C22H30FN3O4. The smallest absolute Gasteiger partial charge is 0.273 e. The van der Waals surface area contributed by atoms with Gasteiger partial charge >= 0.3 is 0 Å². The molecule has 1 aromatic heterocycles. The Labute approximate surface area is 176 Å². The molecule has 1 fully saturated rings. The maximum atomic E-state index is 14.5. The summed E-state index contributed by atoms with van der Waals surface area (Å²) in [6, 6.07) is 5.65. The minimum absolute atomic E-state index is 0.0936. The van der Waals surface area contributed by atoms with Crippen molar-refractivity contribution in [1.29, 1.82) is 0 Å².